The van der Waals surface area contributed by atoms with E-state index in [0.29, 0.717) is 12.8 Å². The molecule has 0 amide bonds. The lowest BCUT2D eigenvalue weighted by atomic mass is 10.0. The number of carbonyl (C=O) groups excluding carboxylic acids is 1. The number of fused-ring (bicyclic) bond motifs is 1. The molecular formula is C13H13NO2. The molecule has 3 heteroatoms. The first-order valence-electron chi connectivity index (χ1n) is 5.36. The Bertz CT molecular complexity index is 557. The lowest BCUT2D eigenvalue weighted by Crippen LogP contribution is -2.12. The molecular weight excluding hydrogens is 202 g/mol. The molecule has 1 aromatic carbocycles. The molecule has 0 radical (unpaired) electrons. The predicted molar refractivity (Wildman–Crippen MR) is 63.6 cm³/mol. The maximum absolute atomic E-state index is 11.7. The van der Waals surface area contributed by atoms with Crippen LogP contribution in [0.3, 0.4) is 0 Å². The van der Waals surface area contributed by atoms with Crippen molar-refractivity contribution in [1.29, 1.82) is 0 Å². The highest BCUT2D eigenvalue weighted by Crippen LogP contribution is 2.15. The second kappa shape index (κ2) is 4.75. The molecule has 0 aliphatic rings. The van der Waals surface area contributed by atoms with Crippen LogP contribution in [0.2, 0.25) is 0 Å². The van der Waals surface area contributed by atoms with Crippen LogP contribution < -0.4 is 5.56 Å². The Morgan fingerprint density at radius 2 is 2.06 bits per heavy atom. The summed E-state index contributed by atoms with van der Waals surface area (Å²) in [6, 6.07) is 7.77. The Balaban J connectivity index is 2.44. The highest BCUT2D eigenvalue weighted by Gasteiger charge is 2.04. The fourth-order valence-electron chi connectivity index (χ4n) is 1.86. The van der Waals surface area contributed by atoms with Gasteiger partial charge in [0.25, 0.3) is 5.56 Å². The van der Waals surface area contributed by atoms with E-state index in [4.69, 9.17) is 0 Å². The normalized spacial score (nSPS) is 10.5. The number of unbranched alkanes of at least 4 members (excludes halogenated alkanes) is 1. The fourth-order valence-corrected chi connectivity index (χ4v) is 1.86. The highest BCUT2D eigenvalue weighted by atomic mass is 16.1. The summed E-state index contributed by atoms with van der Waals surface area (Å²) in [7, 11) is 0. The van der Waals surface area contributed by atoms with E-state index < -0.39 is 0 Å². The van der Waals surface area contributed by atoms with Gasteiger partial charge in [0.2, 0.25) is 0 Å². The van der Waals surface area contributed by atoms with Gasteiger partial charge in [-0.05, 0) is 23.6 Å². The molecule has 0 unspecified atom stereocenters. The first-order valence-corrected chi connectivity index (χ1v) is 5.36. The number of carbonyl (C=O) groups is 1. The minimum Gasteiger partial charge on any atom is -0.328 e. The fraction of sp³-hybridized carbons (Fsp3) is 0.231. The van der Waals surface area contributed by atoms with Gasteiger partial charge in [-0.1, -0.05) is 24.3 Å². The lowest BCUT2D eigenvalue weighted by molar-refractivity contribution is -0.107. The Hall–Kier alpha value is -1.90. The molecule has 1 N–H and O–H groups in total. The third-order valence-corrected chi connectivity index (χ3v) is 2.67. The lowest BCUT2D eigenvalue weighted by Gasteiger charge is -2.03. The Morgan fingerprint density at radius 1 is 1.25 bits per heavy atom. The summed E-state index contributed by atoms with van der Waals surface area (Å²) >= 11 is 0. The molecule has 1 aromatic heterocycles. The van der Waals surface area contributed by atoms with Gasteiger partial charge in [0, 0.05) is 18.2 Å². The maximum atomic E-state index is 11.7. The number of rotatable bonds is 4. The number of aromatic nitrogens is 1. The van der Waals surface area contributed by atoms with Crippen molar-refractivity contribution in [2.45, 2.75) is 19.3 Å². The average molecular weight is 215 g/mol. The smallest absolute Gasteiger partial charge is 0.251 e. The van der Waals surface area contributed by atoms with Gasteiger partial charge in [0.05, 0.1) is 0 Å². The first kappa shape index (κ1) is 10.6. The summed E-state index contributed by atoms with van der Waals surface area (Å²) in [5.41, 5.74) is 0.726. The summed E-state index contributed by atoms with van der Waals surface area (Å²) in [6.07, 6.45) is 4.49. The standard InChI is InChI=1S/C13H13NO2/c15-8-4-3-7-12-11-6-2-1-5-10(11)9-14-13(12)16/h1-2,5-6,8-9H,3-4,7H2,(H,14,16). The van der Waals surface area contributed by atoms with E-state index in [9.17, 15) is 9.59 Å². The molecule has 0 saturated heterocycles. The Morgan fingerprint density at radius 3 is 2.88 bits per heavy atom. The van der Waals surface area contributed by atoms with Gasteiger partial charge in [0.15, 0.2) is 0 Å². The second-order valence-corrected chi connectivity index (χ2v) is 3.74. The number of aromatic amines is 1. The number of H-pyrrole nitrogens is 1. The molecule has 0 aliphatic carbocycles. The minimum atomic E-state index is -0.0513. The Labute approximate surface area is 93.1 Å². The molecule has 0 spiro atoms. The number of nitrogens with one attached hydrogen (secondary N) is 1. The molecule has 0 saturated carbocycles. The molecule has 0 atom stereocenters. The van der Waals surface area contributed by atoms with Crippen LogP contribution in [0.25, 0.3) is 10.8 Å². The number of hydrogen-bond acceptors (Lipinski definition) is 2. The number of aldehydes is 1. The summed E-state index contributed by atoms with van der Waals surface area (Å²) < 4.78 is 0. The van der Waals surface area contributed by atoms with Crippen molar-refractivity contribution in [3.05, 3.63) is 46.4 Å². The van der Waals surface area contributed by atoms with Crippen LogP contribution in [0.4, 0.5) is 0 Å². The molecule has 2 aromatic rings. The third kappa shape index (κ3) is 2.03. The van der Waals surface area contributed by atoms with Gasteiger partial charge < -0.3 is 9.78 Å². The molecule has 2 rings (SSSR count). The molecule has 1 heterocycles. The van der Waals surface area contributed by atoms with Gasteiger partial charge in [-0.15, -0.1) is 0 Å². The van der Waals surface area contributed by atoms with E-state index in [-0.39, 0.29) is 5.56 Å². The molecule has 0 bridgehead atoms. The maximum Gasteiger partial charge on any atom is 0.251 e. The number of pyridine rings is 1. The molecule has 0 aliphatic heterocycles. The summed E-state index contributed by atoms with van der Waals surface area (Å²) in [5, 5.41) is 2.01. The van der Waals surface area contributed by atoms with Crippen LogP contribution in [0.15, 0.2) is 35.3 Å². The molecule has 0 fully saturated rings. The zero-order valence-corrected chi connectivity index (χ0v) is 8.90. The second-order valence-electron chi connectivity index (χ2n) is 3.74. The predicted octanol–water partition coefficient (Wildman–Crippen LogP) is 2.05. The van der Waals surface area contributed by atoms with Crippen LogP contribution in [0.1, 0.15) is 18.4 Å². The van der Waals surface area contributed by atoms with Crippen LogP contribution in [0.5, 0.6) is 0 Å². The Kier molecular flexibility index (Phi) is 3.15. The zero-order chi connectivity index (χ0) is 11.4. The van der Waals surface area contributed by atoms with Crippen molar-refractivity contribution in [3.63, 3.8) is 0 Å². The number of benzene rings is 1. The van der Waals surface area contributed by atoms with Crippen molar-refractivity contribution >= 4 is 17.1 Å². The monoisotopic (exact) mass is 215 g/mol. The minimum absolute atomic E-state index is 0.0513. The van der Waals surface area contributed by atoms with Gasteiger partial charge in [-0.3, -0.25) is 4.79 Å². The topological polar surface area (TPSA) is 49.9 Å². The van der Waals surface area contributed by atoms with Crippen LogP contribution >= 0.6 is 0 Å². The summed E-state index contributed by atoms with van der Waals surface area (Å²) in [6.45, 7) is 0. The van der Waals surface area contributed by atoms with Crippen molar-refractivity contribution in [3.8, 4) is 0 Å². The van der Waals surface area contributed by atoms with Crippen molar-refractivity contribution in [1.82, 2.24) is 4.98 Å². The van der Waals surface area contributed by atoms with E-state index in [2.05, 4.69) is 4.98 Å². The van der Waals surface area contributed by atoms with Crippen molar-refractivity contribution in [2.75, 3.05) is 0 Å². The van der Waals surface area contributed by atoms with E-state index >= 15 is 0 Å². The number of hydrogen-bond donors (Lipinski definition) is 1. The molecule has 82 valence electrons. The van der Waals surface area contributed by atoms with E-state index in [1.54, 1.807) is 6.20 Å². The first-order chi connectivity index (χ1) is 7.83. The van der Waals surface area contributed by atoms with Crippen LogP contribution in [-0.2, 0) is 11.2 Å². The van der Waals surface area contributed by atoms with Gasteiger partial charge >= 0.3 is 0 Å². The quantitative estimate of drug-likeness (QED) is 0.626. The third-order valence-electron chi connectivity index (χ3n) is 2.67. The number of aryl methyl sites for hydroxylation is 1. The molecule has 16 heavy (non-hydrogen) atoms. The van der Waals surface area contributed by atoms with E-state index in [1.165, 1.54) is 0 Å². The van der Waals surface area contributed by atoms with Gasteiger partial charge in [0.1, 0.15) is 6.29 Å². The highest BCUT2D eigenvalue weighted by molar-refractivity contribution is 5.84. The molecule has 3 nitrogen and oxygen atoms in total. The van der Waals surface area contributed by atoms with Crippen molar-refractivity contribution in [2.24, 2.45) is 0 Å². The van der Waals surface area contributed by atoms with Crippen molar-refractivity contribution < 1.29 is 4.79 Å². The van der Waals surface area contributed by atoms with E-state index in [0.717, 1.165) is 29.0 Å². The summed E-state index contributed by atoms with van der Waals surface area (Å²) in [5.74, 6) is 0. The van der Waals surface area contributed by atoms with E-state index in [1.807, 2.05) is 24.3 Å². The van der Waals surface area contributed by atoms with Crippen LogP contribution in [0, 0.1) is 0 Å². The van der Waals surface area contributed by atoms with Crippen LogP contribution in [-0.4, -0.2) is 11.3 Å². The summed E-state index contributed by atoms with van der Waals surface area (Å²) in [4.78, 5) is 24.7. The largest absolute Gasteiger partial charge is 0.328 e. The van der Waals surface area contributed by atoms with Gasteiger partial charge in [-0.25, -0.2) is 0 Å². The SMILES string of the molecule is O=CCCCc1c(=O)[nH]cc2ccccc12. The average Bonchev–Trinajstić information content (AvgIpc) is 2.32. The van der Waals surface area contributed by atoms with Gasteiger partial charge in [-0.2, -0.15) is 0 Å². The zero-order valence-electron chi connectivity index (χ0n) is 8.90.